The van der Waals surface area contributed by atoms with Crippen molar-refractivity contribution in [3.8, 4) is 5.75 Å². The summed E-state index contributed by atoms with van der Waals surface area (Å²) in [5.41, 5.74) is 0. The van der Waals surface area contributed by atoms with Gasteiger partial charge in [0, 0.05) is 5.88 Å². The maximum atomic E-state index is 13.1. The van der Waals surface area contributed by atoms with Gasteiger partial charge in [0.15, 0.2) is 0 Å². The van der Waals surface area contributed by atoms with Crippen molar-refractivity contribution in [1.29, 1.82) is 0 Å². The Labute approximate surface area is 107 Å². The van der Waals surface area contributed by atoms with E-state index in [1.54, 1.807) is 0 Å². The lowest BCUT2D eigenvalue weighted by Crippen LogP contribution is -2.23. The zero-order valence-electron chi connectivity index (χ0n) is 8.25. The molecule has 0 fully saturated rings. The van der Waals surface area contributed by atoms with Crippen LogP contribution in [0.25, 0.3) is 0 Å². The van der Waals surface area contributed by atoms with Gasteiger partial charge in [0.25, 0.3) is 0 Å². The van der Waals surface area contributed by atoms with E-state index in [0.29, 0.717) is 0 Å². The average molecular weight is 309 g/mol. The van der Waals surface area contributed by atoms with Gasteiger partial charge in [-0.2, -0.15) is 8.78 Å². The first-order valence-electron chi connectivity index (χ1n) is 4.24. The second kappa shape index (κ2) is 5.71. The summed E-state index contributed by atoms with van der Waals surface area (Å²) in [5, 5.41) is -1.48. The summed E-state index contributed by atoms with van der Waals surface area (Å²) in [6.45, 7) is 0. The Balaban J connectivity index is 3.22. The van der Waals surface area contributed by atoms with Crippen molar-refractivity contribution >= 4 is 29.2 Å². The van der Waals surface area contributed by atoms with E-state index in [-0.39, 0.29) is 0 Å². The minimum atomic E-state index is -2.36. The lowest BCUT2D eigenvalue weighted by molar-refractivity contribution is -0.134. The van der Waals surface area contributed by atoms with Crippen LogP contribution in [0.15, 0.2) is 0 Å². The number of hydrogen-bond acceptors (Lipinski definition) is 2. The standard InChI is InChI=1S/C9H3Cl2F5O2/c10-1-2(11)9(17)18-8-6(15)4(13)3(12)5(14)7(8)16/h2H,1H2. The van der Waals surface area contributed by atoms with E-state index in [4.69, 9.17) is 23.2 Å². The average Bonchev–Trinajstić information content (AvgIpc) is 2.37. The number of carbonyl (C=O) groups is 1. The molecule has 0 aromatic heterocycles. The van der Waals surface area contributed by atoms with Crippen LogP contribution in [-0.2, 0) is 4.79 Å². The number of alkyl halides is 2. The second-order valence-corrected chi connectivity index (χ2v) is 3.78. The molecule has 0 radical (unpaired) electrons. The molecule has 0 aliphatic carbocycles. The van der Waals surface area contributed by atoms with Crippen molar-refractivity contribution in [2.75, 3.05) is 5.88 Å². The molecule has 1 aromatic rings. The first-order valence-corrected chi connectivity index (χ1v) is 5.21. The molecule has 1 unspecified atom stereocenters. The zero-order chi connectivity index (χ0) is 14.0. The monoisotopic (exact) mass is 308 g/mol. The van der Waals surface area contributed by atoms with Crippen molar-refractivity contribution in [1.82, 2.24) is 0 Å². The lowest BCUT2D eigenvalue weighted by Gasteiger charge is -2.10. The van der Waals surface area contributed by atoms with Gasteiger partial charge < -0.3 is 4.74 Å². The highest BCUT2D eigenvalue weighted by atomic mass is 35.5. The molecular weight excluding hydrogens is 306 g/mol. The summed E-state index contributed by atoms with van der Waals surface area (Å²) in [6.07, 6.45) is 0. The molecule has 9 heteroatoms. The quantitative estimate of drug-likeness (QED) is 0.214. The molecule has 18 heavy (non-hydrogen) atoms. The van der Waals surface area contributed by atoms with Crippen LogP contribution in [0.2, 0.25) is 0 Å². The Hall–Kier alpha value is -1.08. The van der Waals surface area contributed by atoms with Gasteiger partial charge in [0.2, 0.25) is 34.8 Å². The Bertz CT molecular complexity index is 465. The largest absolute Gasteiger partial charge is 0.419 e. The summed E-state index contributed by atoms with van der Waals surface area (Å²) in [4.78, 5) is 11.0. The molecule has 0 aliphatic rings. The second-order valence-electron chi connectivity index (χ2n) is 2.94. The number of halogens is 7. The van der Waals surface area contributed by atoms with E-state index >= 15 is 0 Å². The smallest absolute Gasteiger partial charge is 0.330 e. The van der Waals surface area contributed by atoms with Crippen molar-refractivity contribution in [2.24, 2.45) is 0 Å². The number of benzene rings is 1. The van der Waals surface area contributed by atoms with Gasteiger partial charge in [0.1, 0.15) is 5.38 Å². The van der Waals surface area contributed by atoms with Crippen LogP contribution in [0.4, 0.5) is 22.0 Å². The normalized spacial score (nSPS) is 12.4. The first kappa shape index (κ1) is 15.0. The molecule has 0 saturated heterocycles. The molecular formula is C9H3Cl2F5O2. The molecule has 2 nitrogen and oxygen atoms in total. The van der Waals surface area contributed by atoms with Gasteiger partial charge in [-0.1, -0.05) is 0 Å². The Kier molecular flexibility index (Phi) is 4.75. The van der Waals surface area contributed by atoms with Crippen LogP contribution < -0.4 is 4.74 Å². The van der Waals surface area contributed by atoms with Crippen LogP contribution in [0.1, 0.15) is 0 Å². The molecule has 1 atom stereocenters. The fraction of sp³-hybridized carbons (Fsp3) is 0.222. The highest BCUT2D eigenvalue weighted by molar-refractivity contribution is 6.35. The molecule has 100 valence electrons. The Morgan fingerprint density at radius 2 is 1.39 bits per heavy atom. The molecule has 1 rings (SSSR count). The van der Waals surface area contributed by atoms with Crippen LogP contribution in [0.3, 0.4) is 0 Å². The Morgan fingerprint density at radius 3 is 1.78 bits per heavy atom. The number of hydrogen-bond donors (Lipinski definition) is 0. The molecule has 0 spiro atoms. The van der Waals surface area contributed by atoms with E-state index in [0.717, 1.165) is 0 Å². The highest BCUT2D eigenvalue weighted by Crippen LogP contribution is 2.29. The van der Waals surface area contributed by atoms with E-state index in [9.17, 15) is 26.7 Å². The minimum absolute atomic E-state index is 0.463. The fourth-order valence-corrected chi connectivity index (χ4v) is 1.07. The van der Waals surface area contributed by atoms with Gasteiger partial charge in [-0.05, 0) is 0 Å². The number of ether oxygens (including phenoxy) is 1. The molecule has 0 bridgehead atoms. The summed E-state index contributed by atoms with van der Waals surface area (Å²) in [6, 6.07) is 0. The van der Waals surface area contributed by atoms with Gasteiger partial charge >= 0.3 is 5.97 Å². The number of rotatable bonds is 3. The predicted octanol–water partition coefficient (Wildman–Crippen LogP) is 3.13. The number of esters is 1. The van der Waals surface area contributed by atoms with Gasteiger partial charge in [-0.25, -0.2) is 18.0 Å². The van der Waals surface area contributed by atoms with Crippen LogP contribution in [0, 0.1) is 29.1 Å². The van der Waals surface area contributed by atoms with Crippen LogP contribution in [-0.4, -0.2) is 17.2 Å². The SMILES string of the molecule is O=C(Oc1c(F)c(F)c(F)c(F)c1F)C(Cl)CCl. The van der Waals surface area contributed by atoms with Crippen molar-refractivity contribution in [3.63, 3.8) is 0 Å². The lowest BCUT2D eigenvalue weighted by atomic mass is 10.2. The molecule has 0 saturated carbocycles. The minimum Gasteiger partial charge on any atom is -0.419 e. The number of carbonyl (C=O) groups excluding carboxylic acids is 1. The summed E-state index contributed by atoms with van der Waals surface area (Å²) in [5.74, 6) is -15.0. The van der Waals surface area contributed by atoms with Gasteiger partial charge in [-0.3, -0.25) is 0 Å². The maximum Gasteiger partial charge on any atom is 0.330 e. The van der Waals surface area contributed by atoms with Gasteiger partial charge in [0.05, 0.1) is 0 Å². The highest BCUT2D eigenvalue weighted by Gasteiger charge is 2.29. The predicted molar refractivity (Wildman–Crippen MR) is 52.2 cm³/mol. The van der Waals surface area contributed by atoms with E-state index < -0.39 is 52.1 Å². The summed E-state index contributed by atoms with van der Waals surface area (Å²) < 4.78 is 68.2. The zero-order valence-corrected chi connectivity index (χ0v) is 9.76. The molecule has 1 aromatic carbocycles. The third-order valence-corrected chi connectivity index (χ3v) is 2.56. The van der Waals surface area contributed by atoms with Crippen molar-refractivity contribution in [2.45, 2.75) is 5.38 Å². The van der Waals surface area contributed by atoms with Crippen LogP contribution in [0.5, 0.6) is 5.75 Å². The fourth-order valence-electron chi connectivity index (χ4n) is 0.902. The maximum absolute atomic E-state index is 13.1. The molecule has 0 heterocycles. The first-order chi connectivity index (χ1) is 8.31. The van der Waals surface area contributed by atoms with Crippen molar-refractivity contribution < 1.29 is 31.5 Å². The molecule has 0 aliphatic heterocycles. The Morgan fingerprint density at radius 1 is 1.00 bits per heavy atom. The van der Waals surface area contributed by atoms with Crippen LogP contribution >= 0.6 is 23.2 Å². The van der Waals surface area contributed by atoms with E-state index in [2.05, 4.69) is 4.74 Å². The third kappa shape index (κ3) is 2.67. The summed E-state index contributed by atoms with van der Waals surface area (Å²) in [7, 11) is 0. The summed E-state index contributed by atoms with van der Waals surface area (Å²) >= 11 is 10.4. The van der Waals surface area contributed by atoms with Crippen molar-refractivity contribution in [3.05, 3.63) is 29.1 Å². The molecule has 0 N–H and O–H groups in total. The third-order valence-electron chi connectivity index (χ3n) is 1.76. The molecule has 0 amide bonds. The van der Waals surface area contributed by atoms with E-state index in [1.807, 2.05) is 0 Å². The topological polar surface area (TPSA) is 26.3 Å². The van der Waals surface area contributed by atoms with Gasteiger partial charge in [-0.15, -0.1) is 23.2 Å². The van der Waals surface area contributed by atoms with E-state index in [1.165, 1.54) is 0 Å².